The summed E-state index contributed by atoms with van der Waals surface area (Å²) in [5.41, 5.74) is 0.862. The Kier molecular flexibility index (Phi) is 5.92. The first-order chi connectivity index (χ1) is 12.8. The van der Waals surface area contributed by atoms with Crippen LogP contribution in [0.3, 0.4) is 0 Å². The van der Waals surface area contributed by atoms with Gasteiger partial charge < -0.3 is 15.4 Å². The Morgan fingerprint density at radius 1 is 1.30 bits per heavy atom. The Morgan fingerprint density at radius 3 is 2.70 bits per heavy atom. The van der Waals surface area contributed by atoms with Crippen LogP contribution in [0.25, 0.3) is 0 Å². The van der Waals surface area contributed by atoms with Crippen LogP contribution in [0.2, 0.25) is 10.0 Å². The number of aromatic nitrogens is 2. The molecule has 27 heavy (non-hydrogen) atoms. The van der Waals surface area contributed by atoms with Gasteiger partial charge in [-0.15, -0.1) is 0 Å². The molecule has 9 heteroatoms. The van der Waals surface area contributed by atoms with Crippen molar-refractivity contribution < 1.29 is 14.3 Å². The second kappa shape index (κ2) is 8.19. The van der Waals surface area contributed by atoms with Gasteiger partial charge in [0.15, 0.2) is 6.10 Å². The van der Waals surface area contributed by atoms with Crippen LogP contribution in [0.15, 0.2) is 24.3 Å². The summed E-state index contributed by atoms with van der Waals surface area (Å²) in [5, 5.41) is 13.5. The highest BCUT2D eigenvalue weighted by molar-refractivity contribution is 6.35. The van der Waals surface area contributed by atoms with Crippen molar-refractivity contribution in [1.29, 1.82) is 0 Å². The number of hydrogen-bond acceptors (Lipinski definition) is 4. The van der Waals surface area contributed by atoms with E-state index >= 15 is 0 Å². The Labute approximate surface area is 166 Å². The van der Waals surface area contributed by atoms with Gasteiger partial charge in [0.05, 0.1) is 10.7 Å². The summed E-state index contributed by atoms with van der Waals surface area (Å²) in [7, 11) is 0. The lowest BCUT2D eigenvalue weighted by Gasteiger charge is -2.34. The van der Waals surface area contributed by atoms with E-state index in [1.54, 1.807) is 31.2 Å². The first-order valence-electron chi connectivity index (χ1n) is 8.57. The van der Waals surface area contributed by atoms with Crippen LogP contribution in [0, 0.1) is 0 Å². The van der Waals surface area contributed by atoms with Crippen molar-refractivity contribution in [3.05, 3.63) is 40.0 Å². The molecule has 144 valence electrons. The van der Waals surface area contributed by atoms with Gasteiger partial charge in [-0.05, 0) is 38.0 Å². The summed E-state index contributed by atoms with van der Waals surface area (Å²) in [4.78, 5) is 23.4. The van der Waals surface area contributed by atoms with Crippen molar-refractivity contribution in [3.63, 3.8) is 0 Å². The summed E-state index contributed by atoms with van der Waals surface area (Å²) in [6.07, 6.45) is 0.919. The van der Waals surface area contributed by atoms with E-state index in [-0.39, 0.29) is 23.8 Å². The zero-order chi connectivity index (χ0) is 19.6. The minimum atomic E-state index is -0.761. The molecular formula is C18H20Cl2N4O3. The molecule has 1 aliphatic rings. The fourth-order valence-electron chi connectivity index (χ4n) is 2.92. The third-order valence-corrected chi connectivity index (χ3v) is 4.92. The zero-order valence-electron chi connectivity index (χ0n) is 14.9. The second-order valence-electron chi connectivity index (χ2n) is 6.60. The molecule has 1 fully saturated rings. The maximum Gasteiger partial charge on any atom is 0.266 e. The average Bonchev–Trinajstić information content (AvgIpc) is 3.00. The molecule has 2 aromatic rings. The normalized spacial score (nSPS) is 19.7. The maximum absolute atomic E-state index is 12.3. The number of ether oxygens (including phenoxy) is 1. The van der Waals surface area contributed by atoms with Gasteiger partial charge in [0, 0.05) is 30.0 Å². The molecule has 1 aromatic heterocycles. The smallest absolute Gasteiger partial charge is 0.266 e. The zero-order valence-corrected chi connectivity index (χ0v) is 16.4. The van der Waals surface area contributed by atoms with E-state index in [1.165, 1.54) is 6.92 Å². The van der Waals surface area contributed by atoms with Crippen molar-refractivity contribution in [3.8, 4) is 5.75 Å². The van der Waals surface area contributed by atoms with Gasteiger partial charge in [-0.25, -0.2) is 0 Å². The lowest BCUT2D eigenvalue weighted by atomic mass is 9.78. The molecule has 0 radical (unpaired) electrons. The summed E-state index contributed by atoms with van der Waals surface area (Å²) in [6.45, 7) is 3.14. The number of nitrogens with zero attached hydrogens (tertiary/aromatic N) is 1. The van der Waals surface area contributed by atoms with Crippen LogP contribution in [-0.4, -0.2) is 34.2 Å². The largest absolute Gasteiger partial charge is 0.479 e. The molecule has 0 saturated heterocycles. The summed E-state index contributed by atoms with van der Waals surface area (Å²) >= 11 is 11.9. The molecule has 0 aliphatic heterocycles. The molecule has 2 amide bonds. The van der Waals surface area contributed by atoms with Gasteiger partial charge in [-0.2, -0.15) is 5.10 Å². The van der Waals surface area contributed by atoms with Gasteiger partial charge >= 0.3 is 0 Å². The SMILES string of the molecule is CC(=O)NC1CC(c2cc(NC(=O)C(C)Oc3ccc(Cl)cc3Cl)[nH]n2)C1. The average molecular weight is 411 g/mol. The third kappa shape index (κ3) is 4.93. The highest BCUT2D eigenvalue weighted by Gasteiger charge is 2.32. The first-order valence-corrected chi connectivity index (χ1v) is 9.32. The topological polar surface area (TPSA) is 96.1 Å². The number of halogens is 2. The lowest BCUT2D eigenvalue weighted by molar-refractivity contribution is -0.122. The van der Waals surface area contributed by atoms with E-state index in [0.29, 0.717) is 21.6 Å². The number of carbonyl (C=O) groups is 2. The van der Waals surface area contributed by atoms with Gasteiger partial charge in [-0.1, -0.05) is 23.2 Å². The molecule has 1 heterocycles. The van der Waals surface area contributed by atoms with Crippen LogP contribution < -0.4 is 15.4 Å². The Hall–Kier alpha value is -2.25. The number of aromatic amines is 1. The predicted molar refractivity (Wildman–Crippen MR) is 103 cm³/mol. The summed E-state index contributed by atoms with van der Waals surface area (Å²) < 4.78 is 5.59. The molecule has 3 rings (SSSR count). The van der Waals surface area contributed by atoms with Gasteiger partial charge in [-0.3, -0.25) is 14.7 Å². The van der Waals surface area contributed by atoms with Gasteiger partial charge in [0.2, 0.25) is 5.91 Å². The number of amides is 2. The molecule has 3 N–H and O–H groups in total. The van der Waals surface area contributed by atoms with E-state index in [2.05, 4.69) is 20.8 Å². The van der Waals surface area contributed by atoms with E-state index in [4.69, 9.17) is 27.9 Å². The third-order valence-electron chi connectivity index (χ3n) is 4.39. The number of carbonyl (C=O) groups excluding carboxylic acids is 2. The van der Waals surface area contributed by atoms with Crippen molar-refractivity contribution in [2.45, 2.75) is 44.8 Å². The van der Waals surface area contributed by atoms with Crippen LogP contribution in [-0.2, 0) is 9.59 Å². The van der Waals surface area contributed by atoms with Gasteiger partial charge in [0.25, 0.3) is 5.91 Å². The second-order valence-corrected chi connectivity index (χ2v) is 7.44. The van der Waals surface area contributed by atoms with E-state index in [9.17, 15) is 9.59 Å². The number of nitrogens with one attached hydrogen (secondary N) is 3. The molecule has 1 saturated carbocycles. The molecular weight excluding hydrogens is 391 g/mol. The highest BCUT2D eigenvalue weighted by atomic mass is 35.5. The maximum atomic E-state index is 12.3. The van der Waals surface area contributed by atoms with Crippen LogP contribution in [0.5, 0.6) is 5.75 Å². The van der Waals surface area contributed by atoms with E-state index in [1.807, 2.05) is 0 Å². The van der Waals surface area contributed by atoms with Crippen molar-refractivity contribution in [2.75, 3.05) is 5.32 Å². The van der Waals surface area contributed by atoms with Crippen LogP contribution >= 0.6 is 23.2 Å². The number of benzene rings is 1. The number of rotatable bonds is 6. The monoisotopic (exact) mass is 410 g/mol. The molecule has 0 bridgehead atoms. The molecule has 1 aliphatic carbocycles. The van der Waals surface area contributed by atoms with Crippen LogP contribution in [0.1, 0.15) is 38.3 Å². The fourth-order valence-corrected chi connectivity index (χ4v) is 3.38. The lowest BCUT2D eigenvalue weighted by Crippen LogP contribution is -2.42. The standard InChI is InChI=1S/C18H20Cl2N4O3/c1-9(27-16-4-3-12(19)7-14(16)20)18(26)22-17-8-15(23-24-17)11-5-13(6-11)21-10(2)25/h3-4,7-9,11,13H,5-6H2,1-2H3,(H,21,25)(H2,22,23,24,26). The Morgan fingerprint density at radius 2 is 2.04 bits per heavy atom. The first kappa shape index (κ1) is 19.5. The Bertz CT molecular complexity index is 849. The predicted octanol–water partition coefficient (Wildman–Crippen LogP) is 3.50. The minimum absolute atomic E-state index is 0.0248. The molecule has 1 aromatic carbocycles. The van der Waals surface area contributed by atoms with Crippen molar-refractivity contribution >= 4 is 40.8 Å². The molecule has 0 spiro atoms. The molecule has 1 atom stereocenters. The Balaban J connectivity index is 1.52. The highest BCUT2D eigenvalue weighted by Crippen LogP contribution is 2.36. The van der Waals surface area contributed by atoms with E-state index < -0.39 is 6.10 Å². The van der Waals surface area contributed by atoms with Crippen molar-refractivity contribution in [2.24, 2.45) is 0 Å². The summed E-state index contributed by atoms with van der Waals surface area (Å²) in [6, 6.07) is 6.80. The van der Waals surface area contributed by atoms with E-state index in [0.717, 1.165) is 18.5 Å². The number of hydrogen-bond donors (Lipinski definition) is 3. The fraction of sp³-hybridized carbons (Fsp3) is 0.389. The molecule has 1 unspecified atom stereocenters. The number of anilines is 1. The molecule has 7 nitrogen and oxygen atoms in total. The summed E-state index contributed by atoms with van der Waals surface area (Å²) in [5.74, 6) is 0.789. The van der Waals surface area contributed by atoms with Gasteiger partial charge in [0.1, 0.15) is 11.6 Å². The van der Waals surface area contributed by atoms with Crippen LogP contribution in [0.4, 0.5) is 5.82 Å². The number of H-pyrrole nitrogens is 1. The van der Waals surface area contributed by atoms with Crippen molar-refractivity contribution in [1.82, 2.24) is 15.5 Å². The quantitative estimate of drug-likeness (QED) is 0.678. The minimum Gasteiger partial charge on any atom is -0.479 e.